The number of halogens is 2. The van der Waals surface area contributed by atoms with E-state index in [-0.39, 0.29) is 5.91 Å². The second-order valence-electron chi connectivity index (χ2n) is 5.35. The quantitative estimate of drug-likeness (QED) is 0.574. The minimum atomic E-state index is -0.675. The number of ether oxygens (including phenoxy) is 1. The number of carbonyl (C=O) groups excluding carboxylic acids is 1. The summed E-state index contributed by atoms with van der Waals surface area (Å²) in [5.41, 5.74) is 5.05. The lowest BCUT2D eigenvalue weighted by atomic mass is 10.1. The van der Waals surface area contributed by atoms with Gasteiger partial charge in [-0.05, 0) is 62.2 Å². The lowest BCUT2D eigenvalue weighted by Crippen LogP contribution is -2.34. The number of nitrogens with zero attached hydrogens (tertiary/aromatic N) is 1. The Morgan fingerprint density at radius 3 is 2.54 bits per heavy atom. The van der Waals surface area contributed by atoms with Gasteiger partial charge in [0.25, 0.3) is 5.91 Å². The van der Waals surface area contributed by atoms with E-state index < -0.39 is 6.10 Å². The highest BCUT2D eigenvalue weighted by Gasteiger charge is 2.15. The zero-order valence-electron chi connectivity index (χ0n) is 13.6. The molecule has 0 bridgehead atoms. The molecule has 24 heavy (non-hydrogen) atoms. The summed E-state index contributed by atoms with van der Waals surface area (Å²) in [7, 11) is 0. The number of hydrogen-bond acceptors (Lipinski definition) is 3. The van der Waals surface area contributed by atoms with Crippen LogP contribution in [-0.4, -0.2) is 17.7 Å². The van der Waals surface area contributed by atoms with Crippen LogP contribution in [0.5, 0.6) is 5.75 Å². The summed E-state index contributed by atoms with van der Waals surface area (Å²) in [6, 6.07) is 13.0. The number of aryl methyl sites for hydroxylation is 1. The van der Waals surface area contributed by atoms with E-state index in [0.29, 0.717) is 16.5 Å². The van der Waals surface area contributed by atoms with E-state index >= 15 is 0 Å². The first kappa shape index (κ1) is 18.5. The number of hydrogen-bond donors (Lipinski definition) is 1. The van der Waals surface area contributed by atoms with Gasteiger partial charge in [0.05, 0.1) is 5.71 Å². The van der Waals surface area contributed by atoms with Gasteiger partial charge in [0.15, 0.2) is 6.10 Å². The molecule has 126 valence electrons. The van der Waals surface area contributed by atoms with Crippen LogP contribution in [0.4, 0.5) is 0 Å². The molecule has 0 aliphatic rings. The molecule has 0 saturated heterocycles. The topological polar surface area (TPSA) is 50.7 Å². The first-order valence-corrected chi connectivity index (χ1v) is 8.57. The molecule has 6 heteroatoms. The van der Waals surface area contributed by atoms with Gasteiger partial charge in [-0.25, -0.2) is 5.43 Å². The summed E-state index contributed by atoms with van der Waals surface area (Å²) in [6.45, 7) is 5.38. The molecule has 2 aromatic rings. The van der Waals surface area contributed by atoms with Crippen molar-refractivity contribution in [2.24, 2.45) is 5.10 Å². The van der Waals surface area contributed by atoms with E-state index in [1.807, 2.05) is 38.1 Å². The Morgan fingerprint density at radius 2 is 1.92 bits per heavy atom. The van der Waals surface area contributed by atoms with Crippen LogP contribution in [0.25, 0.3) is 0 Å². The third-order valence-electron chi connectivity index (χ3n) is 3.41. The second-order valence-corrected chi connectivity index (χ2v) is 6.70. The molecule has 0 spiro atoms. The van der Waals surface area contributed by atoms with Crippen LogP contribution in [0.15, 0.2) is 52.0 Å². The summed E-state index contributed by atoms with van der Waals surface area (Å²) in [6.07, 6.45) is -0.675. The maximum atomic E-state index is 12.1. The minimum Gasteiger partial charge on any atom is -0.481 e. The molecule has 0 aliphatic heterocycles. The first-order chi connectivity index (χ1) is 11.4. The van der Waals surface area contributed by atoms with Crippen molar-refractivity contribution in [1.82, 2.24) is 5.43 Å². The molecule has 0 heterocycles. The monoisotopic (exact) mass is 408 g/mol. The fourth-order valence-electron chi connectivity index (χ4n) is 1.97. The number of rotatable bonds is 5. The second kappa shape index (κ2) is 8.31. The summed E-state index contributed by atoms with van der Waals surface area (Å²) in [5, 5.41) is 4.76. The first-order valence-electron chi connectivity index (χ1n) is 7.39. The van der Waals surface area contributed by atoms with Gasteiger partial charge in [0.1, 0.15) is 5.75 Å². The third-order valence-corrected chi connectivity index (χ3v) is 4.17. The lowest BCUT2D eigenvalue weighted by Gasteiger charge is -2.15. The zero-order chi connectivity index (χ0) is 17.7. The Morgan fingerprint density at radius 1 is 1.25 bits per heavy atom. The highest BCUT2D eigenvalue weighted by Crippen LogP contribution is 2.22. The van der Waals surface area contributed by atoms with Gasteiger partial charge in [0.2, 0.25) is 0 Å². The van der Waals surface area contributed by atoms with Gasteiger partial charge in [-0.2, -0.15) is 5.10 Å². The van der Waals surface area contributed by atoms with Gasteiger partial charge < -0.3 is 4.74 Å². The summed E-state index contributed by atoms with van der Waals surface area (Å²) < 4.78 is 6.66. The molecule has 2 aromatic carbocycles. The molecule has 0 fully saturated rings. The maximum absolute atomic E-state index is 12.1. The summed E-state index contributed by atoms with van der Waals surface area (Å²) >= 11 is 9.30. The smallest absolute Gasteiger partial charge is 0.280 e. The standard InChI is InChI=1S/C18H18BrClN2O2/c1-11-10-16(20)8-9-17(11)24-13(3)18(23)22-21-12(2)14-4-6-15(19)7-5-14/h4-10,13H,1-3H3,(H,22,23). The predicted octanol–water partition coefficient (Wildman–Crippen LogP) is 4.72. The Balaban J connectivity index is 1.98. The highest BCUT2D eigenvalue weighted by atomic mass is 79.9. The molecule has 1 unspecified atom stereocenters. The maximum Gasteiger partial charge on any atom is 0.280 e. The predicted molar refractivity (Wildman–Crippen MR) is 101 cm³/mol. The van der Waals surface area contributed by atoms with Crippen molar-refractivity contribution >= 4 is 39.1 Å². The number of nitrogens with one attached hydrogen (secondary N) is 1. The highest BCUT2D eigenvalue weighted by molar-refractivity contribution is 9.10. The van der Waals surface area contributed by atoms with Crippen LogP contribution in [0.2, 0.25) is 5.02 Å². The van der Waals surface area contributed by atoms with E-state index in [9.17, 15) is 4.79 Å². The number of carbonyl (C=O) groups is 1. The zero-order valence-corrected chi connectivity index (χ0v) is 16.0. The molecule has 0 aromatic heterocycles. The van der Waals surface area contributed by atoms with E-state index in [1.165, 1.54) is 0 Å². The molecule has 1 atom stereocenters. The Hall–Kier alpha value is -1.85. The fraction of sp³-hybridized carbons (Fsp3) is 0.222. The SMILES string of the molecule is CC(=NNC(=O)C(C)Oc1ccc(Cl)cc1C)c1ccc(Br)cc1. The van der Waals surface area contributed by atoms with Crippen molar-refractivity contribution in [3.8, 4) is 5.75 Å². The molecule has 0 radical (unpaired) electrons. The van der Waals surface area contributed by atoms with Crippen molar-refractivity contribution < 1.29 is 9.53 Å². The van der Waals surface area contributed by atoms with Gasteiger partial charge >= 0.3 is 0 Å². The molecule has 0 aliphatic carbocycles. The Bertz CT molecular complexity index is 760. The minimum absolute atomic E-state index is 0.319. The van der Waals surface area contributed by atoms with Gasteiger partial charge in [-0.15, -0.1) is 0 Å². The fourth-order valence-corrected chi connectivity index (χ4v) is 2.47. The average molecular weight is 410 g/mol. The van der Waals surface area contributed by atoms with Crippen molar-refractivity contribution in [1.29, 1.82) is 0 Å². The van der Waals surface area contributed by atoms with E-state index in [2.05, 4.69) is 26.5 Å². The Kier molecular flexibility index (Phi) is 6.40. The third kappa shape index (κ3) is 5.08. The van der Waals surface area contributed by atoms with E-state index in [4.69, 9.17) is 16.3 Å². The van der Waals surface area contributed by atoms with E-state index in [0.717, 1.165) is 15.6 Å². The largest absolute Gasteiger partial charge is 0.481 e. The molecule has 4 nitrogen and oxygen atoms in total. The van der Waals surface area contributed by atoms with Crippen LogP contribution in [0, 0.1) is 6.92 Å². The van der Waals surface area contributed by atoms with Crippen LogP contribution < -0.4 is 10.2 Å². The van der Waals surface area contributed by atoms with Crippen molar-refractivity contribution in [2.75, 3.05) is 0 Å². The lowest BCUT2D eigenvalue weighted by molar-refractivity contribution is -0.127. The number of amides is 1. The number of hydrazone groups is 1. The van der Waals surface area contributed by atoms with Crippen molar-refractivity contribution in [2.45, 2.75) is 26.9 Å². The summed E-state index contributed by atoms with van der Waals surface area (Å²) in [4.78, 5) is 12.1. The van der Waals surface area contributed by atoms with Crippen LogP contribution in [-0.2, 0) is 4.79 Å². The molecular formula is C18H18BrClN2O2. The molecule has 1 N–H and O–H groups in total. The van der Waals surface area contributed by atoms with Crippen LogP contribution in [0.1, 0.15) is 25.0 Å². The van der Waals surface area contributed by atoms with Crippen LogP contribution >= 0.6 is 27.5 Å². The van der Waals surface area contributed by atoms with Crippen molar-refractivity contribution in [3.05, 3.63) is 63.1 Å². The number of benzene rings is 2. The molecule has 2 rings (SSSR count). The normalized spacial score (nSPS) is 12.6. The summed E-state index contributed by atoms with van der Waals surface area (Å²) in [5.74, 6) is 0.302. The Labute approximate surface area is 155 Å². The van der Waals surface area contributed by atoms with E-state index in [1.54, 1.807) is 25.1 Å². The van der Waals surface area contributed by atoms with Crippen molar-refractivity contribution in [3.63, 3.8) is 0 Å². The van der Waals surface area contributed by atoms with Crippen LogP contribution in [0.3, 0.4) is 0 Å². The van der Waals surface area contributed by atoms with Gasteiger partial charge in [0, 0.05) is 9.50 Å². The van der Waals surface area contributed by atoms with Gasteiger partial charge in [-0.3, -0.25) is 4.79 Å². The van der Waals surface area contributed by atoms with Gasteiger partial charge in [-0.1, -0.05) is 39.7 Å². The molecular weight excluding hydrogens is 392 g/mol. The average Bonchev–Trinajstić information content (AvgIpc) is 2.55. The molecule has 0 saturated carbocycles. The molecule has 1 amide bonds.